The number of hydrogen-bond acceptors (Lipinski definition) is 6. The Labute approximate surface area is 233 Å². The average Bonchev–Trinajstić information content (AvgIpc) is 2.86. The van der Waals surface area contributed by atoms with E-state index in [2.05, 4.69) is 26.1 Å². The van der Waals surface area contributed by atoms with Gasteiger partial charge in [-0.3, -0.25) is 19.2 Å². The minimum Gasteiger partial charge on any atom is -0.495 e. The first kappa shape index (κ1) is 29.9. The smallest absolute Gasteiger partial charge is 0.273 e. The zero-order valence-corrected chi connectivity index (χ0v) is 24.3. The van der Waals surface area contributed by atoms with Crippen molar-refractivity contribution in [2.45, 2.75) is 51.0 Å². The van der Waals surface area contributed by atoms with Crippen LogP contribution >= 0.6 is 11.6 Å². The zero-order chi connectivity index (χ0) is 29.1. The van der Waals surface area contributed by atoms with E-state index in [-0.39, 0.29) is 32.5 Å². The van der Waals surface area contributed by atoms with E-state index < -0.39 is 33.4 Å². The Bertz CT molecular complexity index is 1480. The van der Waals surface area contributed by atoms with E-state index in [1.807, 2.05) is 24.3 Å². The fraction of sp³-hybridized carbons (Fsp3) is 0.321. The van der Waals surface area contributed by atoms with Crippen molar-refractivity contribution < 1.29 is 22.9 Å². The largest absolute Gasteiger partial charge is 0.495 e. The lowest BCUT2D eigenvalue weighted by Crippen LogP contribution is -2.41. The monoisotopic (exact) mass is 573 g/mol. The number of benzene rings is 3. The summed E-state index contributed by atoms with van der Waals surface area (Å²) in [6.45, 7) is 9.01. The molecule has 0 saturated heterocycles. The predicted molar refractivity (Wildman–Crippen MR) is 152 cm³/mol. The van der Waals surface area contributed by atoms with Gasteiger partial charge in [0.05, 0.1) is 28.7 Å². The lowest BCUT2D eigenvalue weighted by molar-refractivity contribution is -0.385. The van der Waals surface area contributed by atoms with E-state index in [9.17, 15) is 23.3 Å². The molecule has 0 aliphatic rings. The summed E-state index contributed by atoms with van der Waals surface area (Å²) in [6.07, 6.45) is 0. The summed E-state index contributed by atoms with van der Waals surface area (Å²) in [7, 11) is -3.11. The maximum atomic E-state index is 13.8. The SMILES string of the molecule is COc1ccc(Cl)cc1N(CC(=O)N[C@@H](C)c1ccc(C(C)(C)C)cc1)S(=O)(=O)c1ccc(C)c([N+](=O)[O-])c1. The molecule has 3 aromatic rings. The van der Waals surface area contributed by atoms with Gasteiger partial charge in [0.2, 0.25) is 5.91 Å². The van der Waals surface area contributed by atoms with Gasteiger partial charge in [0, 0.05) is 16.7 Å². The Morgan fingerprint density at radius 3 is 2.31 bits per heavy atom. The first-order valence-electron chi connectivity index (χ1n) is 12.2. The van der Waals surface area contributed by atoms with Gasteiger partial charge in [0.25, 0.3) is 15.7 Å². The number of rotatable bonds is 9. The lowest BCUT2D eigenvalue weighted by Gasteiger charge is -2.27. The van der Waals surface area contributed by atoms with E-state index in [4.69, 9.17) is 16.3 Å². The quantitative estimate of drug-likeness (QED) is 0.250. The van der Waals surface area contributed by atoms with E-state index >= 15 is 0 Å². The molecule has 0 bridgehead atoms. The number of nitrogens with one attached hydrogen (secondary N) is 1. The molecule has 1 amide bonds. The van der Waals surface area contributed by atoms with E-state index in [0.29, 0.717) is 5.56 Å². The van der Waals surface area contributed by atoms with Crippen LogP contribution in [0.5, 0.6) is 5.75 Å². The van der Waals surface area contributed by atoms with Crippen LogP contribution in [0.3, 0.4) is 0 Å². The fourth-order valence-electron chi connectivity index (χ4n) is 4.00. The number of amides is 1. The molecule has 3 rings (SSSR count). The molecule has 0 fully saturated rings. The first-order valence-corrected chi connectivity index (χ1v) is 14.0. The molecule has 3 aromatic carbocycles. The van der Waals surface area contributed by atoms with Crippen LogP contribution in [0.25, 0.3) is 0 Å². The van der Waals surface area contributed by atoms with Crippen molar-refractivity contribution in [1.82, 2.24) is 5.32 Å². The maximum Gasteiger partial charge on any atom is 0.273 e. The average molecular weight is 574 g/mol. The minimum absolute atomic E-state index is 0.0190. The number of sulfonamides is 1. The Balaban J connectivity index is 1.99. The molecule has 0 radical (unpaired) electrons. The molecule has 0 heterocycles. The maximum absolute atomic E-state index is 13.8. The van der Waals surface area contributed by atoms with Crippen LogP contribution in [0.2, 0.25) is 5.02 Å². The Morgan fingerprint density at radius 1 is 1.10 bits per heavy atom. The number of ether oxygens (including phenoxy) is 1. The van der Waals surface area contributed by atoms with Gasteiger partial charge >= 0.3 is 0 Å². The predicted octanol–water partition coefficient (Wildman–Crippen LogP) is 5.94. The lowest BCUT2D eigenvalue weighted by atomic mass is 9.86. The van der Waals surface area contributed by atoms with Crippen LogP contribution in [0.15, 0.2) is 65.6 Å². The number of carbonyl (C=O) groups excluding carboxylic acids is 1. The molecule has 0 unspecified atom stereocenters. The van der Waals surface area contributed by atoms with Gasteiger partial charge < -0.3 is 10.1 Å². The van der Waals surface area contributed by atoms with Gasteiger partial charge in [0.15, 0.2) is 0 Å². The van der Waals surface area contributed by atoms with Gasteiger partial charge in [-0.15, -0.1) is 0 Å². The van der Waals surface area contributed by atoms with E-state index in [1.165, 1.54) is 44.4 Å². The van der Waals surface area contributed by atoms with E-state index in [0.717, 1.165) is 21.5 Å². The second-order valence-electron chi connectivity index (χ2n) is 10.2. The number of methoxy groups -OCH3 is 1. The van der Waals surface area contributed by atoms with Crippen LogP contribution < -0.4 is 14.4 Å². The van der Waals surface area contributed by atoms with Crippen molar-refractivity contribution in [3.05, 3.63) is 92.5 Å². The summed E-state index contributed by atoms with van der Waals surface area (Å²) in [5.41, 5.74) is 1.93. The molecule has 1 atom stereocenters. The third kappa shape index (κ3) is 6.88. The number of aryl methyl sites for hydroxylation is 1. The number of carbonyl (C=O) groups is 1. The summed E-state index contributed by atoms with van der Waals surface area (Å²) in [5.74, 6) is -0.433. The highest BCUT2D eigenvalue weighted by atomic mass is 35.5. The zero-order valence-electron chi connectivity index (χ0n) is 22.7. The van der Waals surface area contributed by atoms with Crippen molar-refractivity contribution in [3.8, 4) is 5.75 Å². The molecule has 208 valence electrons. The van der Waals surface area contributed by atoms with Gasteiger partial charge in [-0.05, 0) is 54.7 Å². The Kier molecular flexibility index (Phi) is 8.92. The van der Waals surface area contributed by atoms with Crippen molar-refractivity contribution in [2.75, 3.05) is 18.0 Å². The number of halogens is 1. The molecule has 0 aliphatic heterocycles. The summed E-state index contributed by atoms with van der Waals surface area (Å²) in [5, 5.41) is 14.5. The fourth-order valence-corrected chi connectivity index (χ4v) is 5.61. The Hall–Kier alpha value is -3.63. The van der Waals surface area contributed by atoms with Crippen LogP contribution in [-0.2, 0) is 20.2 Å². The molecular formula is C28H32ClN3O6S. The van der Waals surface area contributed by atoms with Crippen molar-refractivity contribution in [2.24, 2.45) is 0 Å². The second-order valence-corrected chi connectivity index (χ2v) is 12.5. The van der Waals surface area contributed by atoms with Crippen LogP contribution in [0, 0.1) is 17.0 Å². The highest BCUT2D eigenvalue weighted by Gasteiger charge is 2.32. The molecule has 11 heteroatoms. The number of anilines is 1. The van der Waals surface area contributed by atoms with Crippen molar-refractivity contribution in [1.29, 1.82) is 0 Å². The van der Waals surface area contributed by atoms with Crippen molar-refractivity contribution >= 4 is 38.9 Å². The molecule has 0 spiro atoms. The Morgan fingerprint density at radius 2 is 1.74 bits per heavy atom. The van der Waals surface area contributed by atoms with Gasteiger partial charge in [-0.2, -0.15) is 0 Å². The minimum atomic E-state index is -4.46. The topological polar surface area (TPSA) is 119 Å². The third-order valence-corrected chi connectivity index (χ3v) is 8.31. The van der Waals surface area contributed by atoms with Gasteiger partial charge in [0.1, 0.15) is 12.3 Å². The van der Waals surface area contributed by atoms with Crippen LogP contribution in [0.1, 0.15) is 50.4 Å². The molecule has 39 heavy (non-hydrogen) atoms. The first-order chi connectivity index (χ1) is 18.1. The summed E-state index contributed by atoms with van der Waals surface area (Å²) in [4.78, 5) is 23.7. The number of nitro benzene ring substituents is 1. The summed E-state index contributed by atoms with van der Waals surface area (Å²) >= 11 is 6.18. The van der Waals surface area contributed by atoms with Gasteiger partial charge in [-0.25, -0.2) is 8.42 Å². The molecule has 0 saturated carbocycles. The molecular weight excluding hydrogens is 542 g/mol. The third-order valence-electron chi connectivity index (χ3n) is 6.32. The molecule has 0 aromatic heterocycles. The summed E-state index contributed by atoms with van der Waals surface area (Å²) < 4.78 is 33.9. The standard InChI is InChI=1S/C28H32ClN3O6S/c1-18-7-13-23(16-24(18)32(34)35)39(36,37)31(25-15-22(29)12-14-26(25)38-6)17-27(33)30-19(2)20-8-10-21(11-9-20)28(3,4)5/h7-16,19H,17H2,1-6H3,(H,30,33)/t19-/m0/s1. The van der Waals surface area contributed by atoms with E-state index in [1.54, 1.807) is 6.92 Å². The van der Waals surface area contributed by atoms with Crippen LogP contribution in [0.4, 0.5) is 11.4 Å². The highest BCUT2D eigenvalue weighted by molar-refractivity contribution is 7.92. The summed E-state index contributed by atoms with van der Waals surface area (Å²) in [6, 6.07) is 15.4. The molecule has 0 aliphatic carbocycles. The van der Waals surface area contributed by atoms with Gasteiger partial charge in [-0.1, -0.05) is 62.7 Å². The second kappa shape index (κ2) is 11.6. The number of nitrogens with zero attached hydrogens (tertiary/aromatic N) is 2. The normalized spacial score (nSPS) is 12.5. The highest BCUT2D eigenvalue weighted by Crippen LogP contribution is 2.36. The van der Waals surface area contributed by atoms with Crippen molar-refractivity contribution in [3.63, 3.8) is 0 Å². The molecule has 9 nitrogen and oxygen atoms in total. The number of nitro groups is 1. The number of hydrogen-bond donors (Lipinski definition) is 1. The molecule has 1 N–H and O–H groups in total. The van der Waals surface area contributed by atoms with Crippen LogP contribution in [-0.4, -0.2) is 32.9 Å².